The molecule has 3 rings (SSSR count). The van der Waals surface area contributed by atoms with Crippen molar-refractivity contribution in [3.8, 4) is 0 Å². The average Bonchev–Trinajstić information content (AvgIpc) is 2.75. The van der Waals surface area contributed by atoms with Gasteiger partial charge >= 0.3 is 5.97 Å². The summed E-state index contributed by atoms with van der Waals surface area (Å²) in [6.45, 7) is 0. The van der Waals surface area contributed by atoms with Gasteiger partial charge in [-0.2, -0.15) is 0 Å². The van der Waals surface area contributed by atoms with Gasteiger partial charge in [-0.15, -0.1) is 0 Å². The van der Waals surface area contributed by atoms with Crippen LogP contribution in [0, 0.1) is 0 Å². The number of hydrogen-bond acceptors (Lipinski definition) is 2. The van der Waals surface area contributed by atoms with Crippen molar-refractivity contribution in [3.63, 3.8) is 0 Å². The molecule has 0 saturated heterocycles. The molecule has 3 aromatic rings. The third-order valence-electron chi connectivity index (χ3n) is 3.60. The van der Waals surface area contributed by atoms with Gasteiger partial charge in [-0.3, -0.25) is 4.79 Å². The van der Waals surface area contributed by atoms with Crippen LogP contribution in [0.5, 0.6) is 0 Å². The summed E-state index contributed by atoms with van der Waals surface area (Å²) < 4.78 is 2.06. The highest BCUT2D eigenvalue weighted by molar-refractivity contribution is 5.79. The lowest BCUT2D eigenvalue weighted by atomic mass is 10.1. The number of aryl methyl sites for hydroxylation is 1. The maximum Gasteiger partial charge on any atom is 0.307 e. The van der Waals surface area contributed by atoms with Crippen molar-refractivity contribution in [2.24, 2.45) is 7.05 Å². The number of fused-ring (bicyclic) bond motifs is 1. The largest absolute Gasteiger partial charge is 0.481 e. The minimum absolute atomic E-state index is 0.0283. The number of benzene rings is 2. The zero-order valence-electron chi connectivity index (χ0n) is 11.8. The Morgan fingerprint density at radius 2 is 1.90 bits per heavy atom. The van der Waals surface area contributed by atoms with E-state index in [0.717, 1.165) is 28.8 Å². The Morgan fingerprint density at radius 3 is 2.62 bits per heavy atom. The number of rotatable bonds is 4. The fraction of sp³-hybridized carbons (Fsp3) is 0.176. The summed E-state index contributed by atoms with van der Waals surface area (Å²) in [4.78, 5) is 15.4. The molecule has 0 spiro atoms. The van der Waals surface area contributed by atoms with Crippen molar-refractivity contribution in [1.29, 1.82) is 0 Å². The zero-order valence-corrected chi connectivity index (χ0v) is 11.8. The van der Waals surface area contributed by atoms with Gasteiger partial charge in [0.25, 0.3) is 0 Å². The highest BCUT2D eigenvalue weighted by atomic mass is 16.4. The molecule has 0 bridgehead atoms. The molecule has 2 aromatic carbocycles. The molecule has 0 aliphatic rings. The van der Waals surface area contributed by atoms with Crippen LogP contribution in [0.2, 0.25) is 0 Å². The second-order valence-electron chi connectivity index (χ2n) is 5.14. The molecule has 0 amide bonds. The normalized spacial score (nSPS) is 10.9. The fourth-order valence-corrected chi connectivity index (χ4v) is 2.52. The topological polar surface area (TPSA) is 55.1 Å². The van der Waals surface area contributed by atoms with Crippen LogP contribution in [0.15, 0.2) is 48.5 Å². The quantitative estimate of drug-likeness (QED) is 0.799. The van der Waals surface area contributed by atoms with Gasteiger partial charge in [0, 0.05) is 13.5 Å². The van der Waals surface area contributed by atoms with Crippen LogP contribution in [0.1, 0.15) is 17.0 Å². The molecule has 0 atom stereocenters. The third kappa shape index (κ3) is 2.79. The molecule has 106 valence electrons. The summed E-state index contributed by atoms with van der Waals surface area (Å²) in [7, 11) is 1.99. The number of imidazole rings is 1. The molecule has 0 unspecified atom stereocenters. The van der Waals surface area contributed by atoms with Crippen LogP contribution >= 0.6 is 0 Å². The Hall–Kier alpha value is -2.62. The number of carboxylic acid groups (broad SMARTS) is 1. The van der Waals surface area contributed by atoms with E-state index in [2.05, 4.69) is 21.7 Å². The summed E-state index contributed by atoms with van der Waals surface area (Å²) in [6, 6.07) is 15.8. The Labute approximate surface area is 122 Å². The van der Waals surface area contributed by atoms with Crippen molar-refractivity contribution in [3.05, 3.63) is 65.5 Å². The van der Waals surface area contributed by atoms with Gasteiger partial charge in [-0.05, 0) is 23.3 Å². The van der Waals surface area contributed by atoms with E-state index >= 15 is 0 Å². The molecule has 4 nitrogen and oxygen atoms in total. The summed E-state index contributed by atoms with van der Waals surface area (Å²) in [5.74, 6) is 0.151. The number of nitrogens with zero attached hydrogens (tertiary/aromatic N) is 2. The van der Waals surface area contributed by atoms with Crippen LogP contribution in [0.4, 0.5) is 0 Å². The first-order valence-electron chi connectivity index (χ1n) is 6.83. The standard InChI is InChI=1S/C17H16N2O2/c1-19-15-8-7-13(11-17(20)21)9-14(15)18-16(19)10-12-5-3-2-4-6-12/h2-9H,10-11H2,1H3,(H,20,21). The SMILES string of the molecule is Cn1c(Cc2ccccc2)nc2cc(CC(=O)O)ccc21. The van der Waals surface area contributed by atoms with Crippen LogP contribution in [-0.4, -0.2) is 20.6 Å². The van der Waals surface area contributed by atoms with Gasteiger partial charge in [-0.25, -0.2) is 4.98 Å². The Balaban J connectivity index is 1.97. The summed E-state index contributed by atoms with van der Waals surface area (Å²) in [6.07, 6.45) is 0.792. The lowest BCUT2D eigenvalue weighted by Gasteiger charge is -2.02. The fourth-order valence-electron chi connectivity index (χ4n) is 2.52. The van der Waals surface area contributed by atoms with E-state index in [-0.39, 0.29) is 6.42 Å². The van der Waals surface area contributed by atoms with Crippen LogP contribution in [0.3, 0.4) is 0 Å². The molecular formula is C17H16N2O2. The highest BCUT2D eigenvalue weighted by Gasteiger charge is 2.10. The van der Waals surface area contributed by atoms with Crippen molar-refractivity contribution < 1.29 is 9.90 Å². The summed E-state index contributed by atoms with van der Waals surface area (Å²) in [5, 5.41) is 8.87. The first-order chi connectivity index (χ1) is 10.1. The molecule has 0 fully saturated rings. The number of hydrogen-bond donors (Lipinski definition) is 1. The van der Waals surface area contributed by atoms with Gasteiger partial charge in [0.2, 0.25) is 0 Å². The number of carbonyl (C=O) groups is 1. The zero-order chi connectivity index (χ0) is 14.8. The average molecular weight is 280 g/mol. The van der Waals surface area contributed by atoms with Gasteiger partial charge in [0.05, 0.1) is 17.5 Å². The van der Waals surface area contributed by atoms with Crippen LogP contribution in [0.25, 0.3) is 11.0 Å². The molecule has 0 aliphatic carbocycles. The molecule has 0 saturated carbocycles. The summed E-state index contributed by atoms with van der Waals surface area (Å²) >= 11 is 0. The van der Waals surface area contributed by atoms with Crippen molar-refractivity contribution in [2.45, 2.75) is 12.8 Å². The molecule has 1 aromatic heterocycles. The third-order valence-corrected chi connectivity index (χ3v) is 3.60. The number of aliphatic carboxylic acids is 1. The van der Waals surface area contributed by atoms with E-state index in [1.807, 2.05) is 43.4 Å². The molecule has 0 aliphatic heterocycles. The maximum absolute atomic E-state index is 10.8. The molecule has 21 heavy (non-hydrogen) atoms. The van der Waals surface area contributed by atoms with E-state index in [4.69, 9.17) is 5.11 Å². The second-order valence-corrected chi connectivity index (χ2v) is 5.14. The lowest BCUT2D eigenvalue weighted by molar-refractivity contribution is -0.136. The lowest BCUT2D eigenvalue weighted by Crippen LogP contribution is -2.00. The minimum atomic E-state index is -0.824. The van der Waals surface area contributed by atoms with Crippen molar-refractivity contribution in [2.75, 3.05) is 0 Å². The number of aromatic nitrogens is 2. The molecule has 1 heterocycles. The Bertz CT molecular complexity index is 791. The van der Waals surface area contributed by atoms with Gasteiger partial charge < -0.3 is 9.67 Å². The van der Waals surface area contributed by atoms with Gasteiger partial charge in [0.1, 0.15) is 5.82 Å². The molecular weight excluding hydrogens is 264 g/mol. The predicted octanol–water partition coefficient (Wildman–Crippen LogP) is 2.79. The first-order valence-corrected chi connectivity index (χ1v) is 6.83. The predicted molar refractivity (Wildman–Crippen MR) is 81.3 cm³/mol. The van der Waals surface area contributed by atoms with E-state index in [0.29, 0.717) is 0 Å². The van der Waals surface area contributed by atoms with E-state index in [9.17, 15) is 4.79 Å². The maximum atomic E-state index is 10.8. The molecule has 0 radical (unpaired) electrons. The van der Waals surface area contributed by atoms with E-state index < -0.39 is 5.97 Å². The van der Waals surface area contributed by atoms with Gasteiger partial charge in [-0.1, -0.05) is 36.4 Å². The highest BCUT2D eigenvalue weighted by Crippen LogP contribution is 2.19. The van der Waals surface area contributed by atoms with Crippen LogP contribution in [-0.2, 0) is 24.7 Å². The Kier molecular flexibility index (Phi) is 3.44. The summed E-state index contributed by atoms with van der Waals surface area (Å²) in [5.41, 5.74) is 3.86. The van der Waals surface area contributed by atoms with E-state index in [1.54, 1.807) is 0 Å². The molecule has 1 N–H and O–H groups in total. The smallest absolute Gasteiger partial charge is 0.307 e. The first kappa shape index (κ1) is 13.4. The Morgan fingerprint density at radius 1 is 1.14 bits per heavy atom. The second kappa shape index (κ2) is 5.40. The minimum Gasteiger partial charge on any atom is -0.481 e. The molecule has 4 heteroatoms. The van der Waals surface area contributed by atoms with Crippen molar-refractivity contribution >= 4 is 17.0 Å². The monoisotopic (exact) mass is 280 g/mol. The van der Waals surface area contributed by atoms with E-state index in [1.165, 1.54) is 5.56 Å². The van der Waals surface area contributed by atoms with Gasteiger partial charge in [0.15, 0.2) is 0 Å². The van der Waals surface area contributed by atoms with Crippen molar-refractivity contribution in [1.82, 2.24) is 9.55 Å². The van der Waals surface area contributed by atoms with Crippen LogP contribution < -0.4 is 0 Å². The number of carboxylic acids is 1.